The molecule has 102 valence electrons. The number of rotatable bonds is 3. The largest absolute Gasteiger partial charge is 0.317 e. The summed E-state index contributed by atoms with van der Waals surface area (Å²) < 4.78 is 0. The zero-order chi connectivity index (χ0) is 12.3. The molecule has 0 amide bonds. The Balaban J connectivity index is 0.00000162. The summed E-state index contributed by atoms with van der Waals surface area (Å²) in [6, 6.07) is 7.38. The highest BCUT2D eigenvalue weighted by atomic mass is 35.5. The van der Waals surface area contributed by atoms with Crippen molar-refractivity contribution in [3.8, 4) is 0 Å². The summed E-state index contributed by atoms with van der Waals surface area (Å²) in [5.41, 5.74) is 4.36. The molecule has 1 saturated heterocycles. The molecule has 0 spiro atoms. The first kappa shape index (κ1) is 15.5. The van der Waals surface area contributed by atoms with E-state index in [-0.39, 0.29) is 12.4 Å². The Kier molecular flexibility index (Phi) is 6.13. The monoisotopic (exact) mass is 268 g/mol. The van der Waals surface area contributed by atoms with Crippen molar-refractivity contribution in [3.05, 3.63) is 34.9 Å². The molecule has 0 atom stereocenters. The zero-order valence-corrected chi connectivity index (χ0v) is 12.5. The molecular weight excluding hydrogens is 244 g/mol. The van der Waals surface area contributed by atoms with Crippen molar-refractivity contribution in [3.63, 3.8) is 0 Å². The number of likely N-dealkylation sites (tertiary alicyclic amines) is 1. The second-order valence-corrected chi connectivity index (χ2v) is 5.20. The van der Waals surface area contributed by atoms with E-state index in [4.69, 9.17) is 0 Å². The van der Waals surface area contributed by atoms with Crippen LogP contribution >= 0.6 is 12.4 Å². The molecule has 1 aliphatic rings. The number of hydrogen-bond donors (Lipinski definition) is 1. The number of hydrogen-bond acceptors (Lipinski definition) is 2. The molecular formula is C15H25ClN2. The van der Waals surface area contributed by atoms with Crippen LogP contribution in [0, 0.1) is 13.8 Å². The number of nitrogens with zero attached hydrogens (tertiary/aromatic N) is 1. The van der Waals surface area contributed by atoms with Gasteiger partial charge in [0.15, 0.2) is 0 Å². The molecule has 1 aromatic carbocycles. The molecule has 1 fully saturated rings. The fraction of sp³-hybridized carbons (Fsp3) is 0.600. The van der Waals surface area contributed by atoms with Crippen molar-refractivity contribution < 1.29 is 0 Å². The standard InChI is InChI=1S/C15H24N2.ClH/c1-12-5-4-6-14(13(12)2)11-17-9-7-15(16-3)8-10-17;/h4-6,15-16H,7-11H2,1-3H3;1H. The molecule has 0 aliphatic carbocycles. The molecule has 0 radical (unpaired) electrons. The number of nitrogens with one attached hydrogen (secondary N) is 1. The molecule has 18 heavy (non-hydrogen) atoms. The van der Waals surface area contributed by atoms with E-state index in [1.54, 1.807) is 0 Å². The molecule has 1 heterocycles. The molecule has 0 aromatic heterocycles. The maximum Gasteiger partial charge on any atom is 0.0236 e. The predicted octanol–water partition coefficient (Wildman–Crippen LogP) is 2.91. The Bertz CT molecular complexity index is 371. The van der Waals surface area contributed by atoms with Crippen LogP contribution in [0.1, 0.15) is 29.5 Å². The third kappa shape index (κ3) is 3.71. The molecule has 1 aliphatic heterocycles. The van der Waals surface area contributed by atoms with Crippen LogP contribution in [0.5, 0.6) is 0 Å². The maximum atomic E-state index is 3.38. The predicted molar refractivity (Wildman–Crippen MR) is 80.5 cm³/mol. The summed E-state index contributed by atoms with van der Waals surface area (Å²) in [5, 5.41) is 3.38. The Hall–Kier alpha value is -0.570. The van der Waals surface area contributed by atoms with Crippen LogP contribution in [0.3, 0.4) is 0 Å². The topological polar surface area (TPSA) is 15.3 Å². The zero-order valence-electron chi connectivity index (χ0n) is 11.7. The van der Waals surface area contributed by atoms with Gasteiger partial charge in [0, 0.05) is 12.6 Å². The molecule has 0 saturated carbocycles. The van der Waals surface area contributed by atoms with Crippen LogP contribution in [-0.4, -0.2) is 31.1 Å². The van der Waals surface area contributed by atoms with Crippen molar-refractivity contribution in [2.24, 2.45) is 0 Å². The van der Waals surface area contributed by atoms with E-state index in [0.29, 0.717) is 0 Å². The van der Waals surface area contributed by atoms with Gasteiger partial charge in [0.2, 0.25) is 0 Å². The van der Waals surface area contributed by atoms with E-state index >= 15 is 0 Å². The van der Waals surface area contributed by atoms with E-state index in [1.165, 1.54) is 42.6 Å². The number of aryl methyl sites for hydroxylation is 1. The molecule has 0 unspecified atom stereocenters. The lowest BCUT2D eigenvalue weighted by Crippen LogP contribution is -2.40. The quantitative estimate of drug-likeness (QED) is 0.907. The summed E-state index contributed by atoms with van der Waals surface area (Å²) in [4.78, 5) is 2.58. The summed E-state index contributed by atoms with van der Waals surface area (Å²) in [6.07, 6.45) is 2.56. The highest BCUT2D eigenvalue weighted by molar-refractivity contribution is 5.85. The summed E-state index contributed by atoms with van der Waals surface area (Å²) in [5.74, 6) is 0. The van der Waals surface area contributed by atoms with Crippen LogP contribution in [-0.2, 0) is 6.54 Å². The molecule has 2 nitrogen and oxygen atoms in total. The minimum absolute atomic E-state index is 0. The first-order valence-corrected chi connectivity index (χ1v) is 6.65. The molecule has 3 heteroatoms. The highest BCUT2D eigenvalue weighted by Crippen LogP contribution is 2.18. The van der Waals surface area contributed by atoms with Crippen LogP contribution < -0.4 is 5.32 Å². The van der Waals surface area contributed by atoms with E-state index in [0.717, 1.165) is 12.6 Å². The number of halogens is 1. The fourth-order valence-electron chi connectivity index (χ4n) is 2.60. The second kappa shape index (κ2) is 7.13. The van der Waals surface area contributed by atoms with Gasteiger partial charge in [-0.15, -0.1) is 12.4 Å². The van der Waals surface area contributed by atoms with E-state index in [1.807, 2.05) is 0 Å². The minimum atomic E-state index is 0. The lowest BCUT2D eigenvalue weighted by atomic mass is 10.0. The lowest BCUT2D eigenvalue weighted by molar-refractivity contribution is 0.194. The van der Waals surface area contributed by atoms with Gasteiger partial charge in [0.25, 0.3) is 0 Å². The van der Waals surface area contributed by atoms with Crippen molar-refractivity contribution >= 4 is 12.4 Å². The Labute approximate surface area is 117 Å². The van der Waals surface area contributed by atoms with Crippen molar-refractivity contribution in [1.82, 2.24) is 10.2 Å². The van der Waals surface area contributed by atoms with Gasteiger partial charge in [-0.1, -0.05) is 18.2 Å². The van der Waals surface area contributed by atoms with Gasteiger partial charge >= 0.3 is 0 Å². The maximum absolute atomic E-state index is 3.38. The molecule has 0 bridgehead atoms. The normalized spacial score (nSPS) is 17.5. The average molecular weight is 269 g/mol. The van der Waals surface area contributed by atoms with Crippen molar-refractivity contribution in [2.75, 3.05) is 20.1 Å². The Morgan fingerprint density at radius 2 is 1.89 bits per heavy atom. The van der Waals surface area contributed by atoms with Gasteiger partial charge in [-0.2, -0.15) is 0 Å². The van der Waals surface area contributed by atoms with Crippen LogP contribution in [0.4, 0.5) is 0 Å². The van der Waals surface area contributed by atoms with Crippen molar-refractivity contribution in [1.29, 1.82) is 0 Å². The van der Waals surface area contributed by atoms with Gasteiger partial charge in [-0.25, -0.2) is 0 Å². The van der Waals surface area contributed by atoms with E-state index < -0.39 is 0 Å². The first-order chi connectivity index (χ1) is 8.20. The third-order valence-electron chi connectivity index (χ3n) is 4.11. The lowest BCUT2D eigenvalue weighted by Gasteiger charge is -2.32. The SMILES string of the molecule is CNC1CCN(Cc2cccc(C)c2C)CC1.Cl. The van der Waals surface area contributed by atoms with Gasteiger partial charge in [0.05, 0.1) is 0 Å². The summed E-state index contributed by atoms with van der Waals surface area (Å²) in [6.45, 7) is 8.00. The smallest absolute Gasteiger partial charge is 0.0236 e. The molecule has 2 rings (SSSR count). The number of piperidine rings is 1. The Morgan fingerprint density at radius 1 is 1.22 bits per heavy atom. The van der Waals surface area contributed by atoms with Crippen LogP contribution in [0.2, 0.25) is 0 Å². The molecule has 1 N–H and O–H groups in total. The van der Waals surface area contributed by atoms with Gasteiger partial charge in [-0.3, -0.25) is 4.90 Å². The summed E-state index contributed by atoms with van der Waals surface area (Å²) in [7, 11) is 2.07. The van der Waals surface area contributed by atoms with Crippen molar-refractivity contribution in [2.45, 2.75) is 39.3 Å². The van der Waals surface area contributed by atoms with Gasteiger partial charge in [0.1, 0.15) is 0 Å². The third-order valence-corrected chi connectivity index (χ3v) is 4.11. The van der Waals surface area contributed by atoms with Gasteiger partial charge < -0.3 is 5.32 Å². The second-order valence-electron chi connectivity index (χ2n) is 5.20. The fourth-order valence-corrected chi connectivity index (χ4v) is 2.60. The Morgan fingerprint density at radius 3 is 2.50 bits per heavy atom. The van der Waals surface area contributed by atoms with Crippen LogP contribution in [0.15, 0.2) is 18.2 Å². The highest BCUT2D eigenvalue weighted by Gasteiger charge is 2.18. The minimum Gasteiger partial charge on any atom is -0.317 e. The number of benzene rings is 1. The van der Waals surface area contributed by atoms with E-state index in [9.17, 15) is 0 Å². The van der Waals surface area contributed by atoms with Gasteiger partial charge in [-0.05, 0) is 63.5 Å². The van der Waals surface area contributed by atoms with E-state index in [2.05, 4.69) is 49.3 Å². The van der Waals surface area contributed by atoms with Crippen LogP contribution in [0.25, 0.3) is 0 Å². The summed E-state index contributed by atoms with van der Waals surface area (Å²) >= 11 is 0. The molecule has 1 aromatic rings. The first-order valence-electron chi connectivity index (χ1n) is 6.65. The average Bonchev–Trinajstić information content (AvgIpc) is 2.36.